The number of carbonyl (C=O) groups excluding carboxylic acids is 3. The quantitative estimate of drug-likeness (QED) is 0.519. The maximum absolute atomic E-state index is 12.5. The van der Waals surface area contributed by atoms with Crippen LogP contribution in [-0.4, -0.2) is 37.7 Å². The lowest BCUT2D eigenvalue weighted by atomic mass is 9.99. The van der Waals surface area contributed by atoms with Crippen molar-refractivity contribution in [1.29, 1.82) is 0 Å². The Morgan fingerprint density at radius 3 is 2.19 bits per heavy atom. The summed E-state index contributed by atoms with van der Waals surface area (Å²) in [6.45, 7) is 9.42. The Morgan fingerprint density at radius 1 is 1.00 bits per heavy atom. The van der Waals surface area contributed by atoms with Gasteiger partial charge in [-0.2, -0.15) is 0 Å². The smallest absolute Gasteiger partial charge is 0.348 e. The van der Waals surface area contributed by atoms with Crippen molar-refractivity contribution < 1.29 is 28.6 Å². The van der Waals surface area contributed by atoms with Gasteiger partial charge in [0.25, 0.3) is 5.91 Å². The molecule has 0 radical (unpaired) electrons. The predicted octanol–water partition coefficient (Wildman–Crippen LogP) is 4.94. The lowest BCUT2D eigenvalue weighted by Gasteiger charge is -2.11. The first-order valence-corrected chi connectivity index (χ1v) is 11.1. The van der Waals surface area contributed by atoms with Gasteiger partial charge in [-0.1, -0.05) is 26.0 Å². The highest BCUT2D eigenvalue weighted by Crippen LogP contribution is 2.34. The van der Waals surface area contributed by atoms with Crippen LogP contribution in [0, 0.1) is 6.92 Å². The van der Waals surface area contributed by atoms with Crippen LogP contribution in [-0.2, 0) is 14.3 Å². The zero-order valence-electron chi connectivity index (χ0n) is 18.6. The third-order valence-electron chi connectivity index (χ3n) is 4.77. The van der Waals surface area contributed by atoms with E-state index in [1.54, 1.807) is 20.8 Å². The summed E-state index contributed by atoms with van der Waals surface area (Å²) in [5.74, 6) is -0.581. The summed E-state index contributed by atoms with van der Waals surface area (Å²) in [5.41, 5.74) is 1.78. The summed E-state index contributed by atoms with van der Waals surface area (Å²) in [6.07, 6.45) is 1.04. The number of carbonyl (C=O) groups is 3. The molecule has 2 aromatic rings. The van der Waals surface area contributed by atoms with Crippen molar-refractivity contribution in [2.75, 3.05) is 25.1 Å². The first-order chi connectivity index (χ1) is 14.8. The number of benzene rings is 1. The highest BCUT2D eigenvalue weighted by atomic mass is 32.1. The van der Waals surface area contributed by atoms with Gasteiger partial charge in [0.2, 0.25) is 0 Å². The topological polar surface area (TPSA) is 90.9 Å². The number of thiophene rings is 1. The third kappa shape index (κ3) is 6.30. The molecule has 1 unspecified atom stereocenters. The minimum atomic E-state index is -0.608. The number of anilines is 1. The van der Waals surface area contributed by atoms with Crippen molar-refractivity contribution in [2.45, 2.75) is 47.0 Å². The second kappa shape index (κ2) is 11.5. The van der Waals surface area contributed by atoms with E-state index >= 15 is 0 Å². The lowest BCUT2D eigenvalue weighted by Crippen LogP contribution is -2.21. The molecule has 7 nitrogen and oxygen atoms in total. The van der Waals surface area contributed by atoms with Crippen molar-refractivity contribution in [1.82, 2.24) is 0 Å². The molecule has 8 heteroatoms. The molecule has 1 aromatic heterocycles. The van der Waals surface area contributed by atoms with Gasteiger partial charge in [-0.05, 0) is 56.4 Å². The zero-order valence-corrected chi connectivity index (χ0v) is 19.4. The summed E-state index contributed by atoms with van der Waals surface area (Å²) in [7, 11) is 0. The second-order valence-corrected chi connectivity index (χ2v) is 7.94. The van der Waals surface area contributed by atoms with Crippen LogP contribution in [0.15, 0.2) is 24.3 Å². The van der Waals surface area contributed by atoms with Gasteiger partial charge in [-0.25, -0.2) is 9.59 Å². The van der Waals surface area contributed by atoms with E-state index in [0.29, 0.717) is 17.2 Å². The molecule has 1 amide bonds. The van der Waals surface area contributed by atoms with Crippen molar-refractivity contribution in [3.63, 3.8) is 0 Å². The number of hydrogen-bond acceptors (Lipinski definition) is 7. The molecule has 1 heterocycles. The first kappa shape index (κ1) is 24.4. The molecule has 0 bridgehead atoms. The van der Waals surface area contributed by atoms with Crippen molar-refractivity contribution in [3.8, 4) is 5.75 Å². The average molecular weight is 448 g/mol. The minimum absolute atomic E-state index is 0.154. The molecule has 0 spiro atoms. The minimum Gasteiger partial charge on any atom is -0.484 e. The Kier molecular flexibility index (Phi) is 9.05. The predicted molar refractivity (Wildman–Crippen MR) is 120 cm³/mol. The molecule has 168 valence electrons. The molecule has 0 aliphatic rings. The van der Waals surface area contributed by atoms with E-state index in [1.165, 1.54) is 5.56 Å². The Labute approximate surface area is 186 Å². The number of amides is 1. The SMILES string of the molecule is CCOC(=O)c1sc(NC(=O)COc2ccc(C(C)CC)cc2)c(C(=O)OCC)c1C. The van der Waals surface area contributed by atoms with Gasteiger partial charge in [-0.15, -0.1) is 11.3 Å². The second-order valence-electron chi connectivity index (χ2n) is 6.92. The first-order valence-electron chi connectivity index (χ1n) is 10.3. The van der Waals surface area contributed by atoms with Crippen LogP contribution in [0.2, 0.25) is 0 Å². The molecule has 1 aromatic carbocycles. The van der Waals surface area contributed by atoms with Gasteiger partial charge in [0.1, 0.15) is 15.6 Å². The Bertz CT molecular complexity index is 919. The standard InChI is InChI=1S/C23H29NO6S/c1-6-14(4)16-9-11-17(12-10-16)30-13-18(25)24-21-19(22(26)28-7-2)15(5)20(31-21)23(27)29-8-3/h9-12,14H,6-8,13H2,1-5H3,(H,24,25). The Morgan fingerprint density at radius 2 is 1.61 bits per heavy atom. The van der Waals surface area contributed by atoms with E-state index in [1.807, 2.05) is 24.3 Å². The number of ether oxygens (including phenoxy) is 3. The van der Waals surface area contributed by atoms with E-state index in [4.69, 9.17) is 14.2 Å². The molecule has 31 heavy (non-hydrogen) atoms. The van der Waals surface area contributed by atoms with Crippen molar-refractivity contribution in [3.05, 3.63) is 45.8 Å². The molecule has 0 aliphatic heterocycles. The monoisotopic (exact) mass is 447 g/mol. The molecule has 0 saturated carbocycles. The van der Waals surface area contributed by atoms with Crippen LogP contribution in [0.4, 0.5) is 5.00 Å². The highest BCUT2D eigenvalue weighted by Gasteiger charge is 2.27. The highest BCUT2D eigenvalue weighted by molar-refractivity contribution is 7.18. The van der Waals surface area contributed by atoms with E-state index in [9.17, 15) is 14.4 Å². The molecular formula is C23H29NO6S. The summed E-state index contributed by atoms with van der Waals surface area (Å²) < 4.78 is 15.7. The number of esters is 2. The summed E-state index contributed by atoms with van der Waals surface area (Å²) in [5, 5.41) is 2.90. The maximum Gasteiger partial charge on any atom is 0.348 e. The van der Waals surface area contributed by atoms with Gasteiger partial charge < -0.3 is 19.5 Å². The Hall–Kier alpha value is -2.87. The molecule has 0 aliphatic carbocycles. The summed E-state index contributed by atoms with van der Waals surface area (Å²) >= 11 is 0.983. The maximum atomic E-state index is 12.5. The molecule has 0 saturated heterocycles. The molecule has 2 rings (SSSR count). The summed E-state index contributed by atoms with van der Waals surface area (Å²) in [4.78, 5) is 37.3. The Balaban J connectivity index is 2.12. The fraction of sp³-hybridized carbons (Fsp3) is 0.435. The van der Waals surface area contributed by atoms with Crippen LogP contribution >= 0.6 is 11.3 Å². The van der Waals surface area contributed by atoms with Gasteiger partial charge in [0.05, 0.1) is 18.8 Å². The van der Waals surface area contributed by atoms with Crippen LogP contribution in [0.3, 0.4) is 0 Å². The van der Waals surface area contributed by atoms with Gasteiger partial charge in [0.15, 0.2) is 6.61 Å². The van der Waals surface area contributed by atoms with Crippen molar-refractivity contribution in [2.24, 2.45) is 0 Å². The zero-order chi connectivity index (χ0) is 23.0. The van der Waals surface area contributed by atoms with Crippen molar-refractivity contribution >= 4 is 34.2 Å². The number of nitrogens with one attached hydrogen (secondary N) is 1. The fourth-order valence-electron chi connectivity index (χ4n) is 2.88. The number of hydrogen-bond donors (Lipinski definition) is 1. The summed E-state index contributed by atoms with van der Waals surface area (Å²) in [6, 6.07) is 7.61. The van der Waals surface area contributed by atoms with Gasteiger partial charge in [0, 0.05) is 0 Å². The van der Waals surface area contributed by atoms with E-state index < -0.39 is 17.8 Å². The average Bonchev–Trinajstić information content (AvgIpc) is 3.08. The normalized spacial score (nSPS) is 11.5. The molecule has 0 fully saturated rings. The van der Waals surface area contributed by atoms with Gasteiger partial charge in [-0.3, -0.25) is 4.79 Å². The van der Waals surface area contributed by atoms with Crippen LogP contribution < -0.4 is 10.1 Å². The molecule has 1 N–H and O–H groups in total. The molecule has 1 atom stereocenters. The van der Waals surface area contributed by atoms with Crippen LogP contribution in [0.1, 0.15) is 71.2 Å². The fourth-order valence-corrected chi connectivity index (χ4v) is 3.99. The van der Waals surface area contributed by atoms with Gasteiger partial charge >= 0.3 is 11.9 Å². The van der Waals surface area contributed by atoms with E-state index in [-0.39, 0.29) is 35.3 Å². The molecular weight excluding hydrogens is 418 g/mol. The third-order valence-corrected chi connectivity index (χ3v) is 5.96. The van der Waals surface area contributed by atoms with E-state index in [2.05, 4.69) is 19.2 Å². The lowest BCUT2D eigenvalue weighted by molar-refractivity contribution is -0.118. The number of rotatable bonds is 10. The van der Waals surface area contributed by atoms with Crippen LogP contribution in [0.5, 0.6) is 5.75 Å². The van der Waals surface area contributed by atoms with Crippen LogP contribution in [0.25, 0.3) is 0 Å². The van der Waals surface area contributed by atoms with E-state index in [0.717, 1.165) is 17.8 Å². The largest absolute Gasteiger partial charge is 0.484 e.